The summed E-state index contributed by atoms with van der Waals surface area (Å²) in [6.07, 6.45) is 2.68. The molecule has 1 N–H and O–H groups in total. The largest absolute Gasteiger partial charge is 0.497 e. The lowest BCUT2D eigenvalue weighted by Crippen LogP contribution is -1.99. The van der Waals surface area contributed by atoms with Crippen molar-refractivity contribution < 1.29 is 14.2 Å². The van der Waals surface area contributed by atoms with E-state index in [1.54, 1.807) is 20.4 Å². The minimum absolute atomic E-state index is 0.654. The van der Waals surface area contributed by atoms with Crippen molar-refractivity contribution in [2.75, 3.05) is 26.3 Å². The molecule has 0 saturated carbocycles. The monoisotopic (exact) mass is 314 g/mol. The van der Waals surface area contributed by atoms with Gasteiger partial charge in [0.05, 0.1) is 32.7 Å². The maximum atomic E-state index is 5.69. The summed E-state index contributed by atoms with van der Waals surface area (Å²) in [5, 5.41) is 4.23. The van der Waals surface area contributed by atoms with Crippen molar-refractivity contribution in [2.24, 2.45) is 5.10 Å². The highest BCUT2D eigenvalue weighted by atomic mass is 16.5. The van der Waals surface area contributed by atoms with Crippen LogP contribution in [0.2, 0.25) is 0 Å². The van der Waals surface area contributed by atoms with Crippen molar-refractivity contribution in [3.05, 3.63) is 48.0 Å². The molecule has 0 bridgehead atoms. The zero-order valence-electron chi connectivity index (χ0n) is 13.7. The molecule has 2 rings (SSSR count). The number of anilines is 1. The number of hydrogen-bond donors (Lipinski definition) is 1. The number of nitrogens with one attached hydrogen (secondary N) is 1. The van der Waals surface area contributed by atoms with E-state index in [1.807, 2.05) is 42.5 Å². The molecule has 0 aliphatic heterocycles. The number of methoxy groups -OCH3 is 2. The first kappa shape index (κ1) is 16.7. The van der Waals surface area contributed by atoms with Crippen LogP contribution in [0.3, 0.4) is 0 Å². The minimum atomic E-state index is 0.654. The summed E-state index contributed by atoms with van der Waals surface area (Å²) in [5.41, 5.74) is 4.79. The molecule has 0 aliphatic carbocycles. The molecule has 0 spiro atoms. The zero-order valence-corrected chi connectivity index (χ0v) is 13.7. The summed E-state index contributed by atoms with van der Waals surface area (Å²) < 4.78 is 16.1. The molecule has 0 amide bonds. The van der Waals surface area contributed by atoms with E-state index in [4.69, 9.17) is 14.2 Å². The first-order valence-electron chi connectivity index (χ1n) is 7.50. The summed E-state index contributed by atoms with van der Waals surface area (Å²) in [6, 6.07) is 13.3. The fourth-order valence-corrected chi connectivity index (χ4v) is 1.95. The molecule has 5 heteroatoms. The number of rotatable bonds is 8. The Kier molecular flexibility index (Phi) is 6.29. The van der Waals surface area contributed by atoms with Crippen LogP contribution in [0.25, 0.3) is 0 Å². The Hall–Kier alpha value is -2.69. The summed E-state index contributed by atoms with van der Waals surface area (Å²) in [5.74, 6) is 2.26. The topological polar surface area (TPSA) is 52.1 Å². The smallest absolute Gasteiger partial charge is 0.161 e. The average molecular weight is 314 g/mol. The van der Waals surface area contributed by atoms with Gasteiger partial charge in [0.25, 0.3) is 0 Å². The molecule has 0 fully saturated rings. The summed E-state index contributed by atoms with van der Waals surface area (Å²) in [6.45, 7) is 2.72. The highest BCUT2D eigenvalue weighted by molar-refractivity contribution is 5.81. The van der Waals surface area contributed by atoms with Gasteiger partial charge in [0, 0.05) is 0 Å². The fraction of sp³-hybridized carbons (Fsp3) is 0.278. The van der Waals surface area contributed by atoms with Gasteiger partial charge in [0.2, 0.25) is 0 Å². The van der Waals surface area contributed by atoms with Crippen molar-refractivity contribution >= 4 is 11.9 Å². The zero-order chi connectivity index (χ0) is 16.5. The Bertz CT molecular complexity index is 639. The average Bonchev–Trinajstić information content (AvgIpc) is 2.60. The van der Waals surface area contributed by atoms with Gasteiger partial charge in [-0.2, -0.15) is 5.10 Å². The molecule has 0 atom stereocenters. The first-order valence-corrected chi connectivity index (χ1v) is 7.50. The minimum Gasteiger partial charge on any atom is -0.497 e. The van der Waals surface area contributed by atoms with Crippen molar-refractivity contribution in [2.45, 2.75) is 13.3 Å². The van der Waals surface area contributed by atoms with Crippen LogP contribution in [0.1, 0.15) is 18.9 Å². The number of hydrogen-bond acceptors (Lipinski definition) is 5. The number of ether oxygens (including phenoxy) is 3. The van der Waals surface area contributed by atoms with Crippen molar-refractivity contribution in [3.63, 3.8) is 0 Å². The number of benzene rings is 2. The molecule has 0 radical (unpaired) electrons. The third-order valence-electron chi connectivity index (χ3n) is 3.15. The van der Waals surface area contributed by atoms with E-state index in [0.717, 1.165) is 34.9 Å². The second kappa shape index (κ2) is 8.68. The molecule has 0 heterocycles. The van der Waals surface area contributed by atoms with E-state index in [0.29, 0.717) is 6.61 Å². The summed E-state index contributed by atoms with van der Waals surface area (Å²) in [7, 11) is 3.27. The molecule has 2 aromatic rings. The summed E-state index contributed by atoms with van der Waals surface area (Å²) >= 11 is 0. The highest BCUT2D eigenvalue weighted by Crippen LogP contribution is 2.27. The molecular formula is C18H22N2O3. The van der Waals surface area contributed by atoms with Crippen LogP contribution in [0.5, 0.6) is 17.2 Å². The molecule has 23 heavy (non-hydrogen) atoms. The number of hydrazone groups is 1. The van der Waals surface area contributed by atoms with E-state index in [2.05, 4.69) is 17.5 Å². The molecule has 0 saturated heterocycles. The Morgan fingerprint density at radius 2 is 1.78 bits per heavy atom. The lowest BCUT2D eigenvalue weighted by molar-refractivity contribution is 0.294. The second-order valence-electron chi connectivity index (χ2n) is 4.86. The van der Waals surface area contributed by atoms with Crippen LogP contribution in [0, 0.1) is 0 Å². The van der Waals surface area contributed by atoms with Crippen molar-refractivity contribution in [3.8, 4) is 17.2 Å². The quantitative estimate of drug-likeness (QED) is 0.592. The molecule has 0 unspecified atom stereocenters. The van der Waals surface area contributed by atoms with E-state index in [1.165, 1.54) is 0 Å². The van der Waals surface area contributed by atoms with Gasteiger partial charge in [-0.1, -0.05) is 6.92 Å². The third kappa shape index (κ3) is 4.92. The number of nitrogens with zero attached hydrogens (tertiary/aromatic N) is 1. The lowest BCUT2D eigenvalue weighted by atomic mass is 10.2. The van der Waals surface area contributed by atoms with E-state index in [9.17, 15) is 0 Å². The molecule has 0 aliphatic rings. The van der Waals surface area contributed by atoms with Crippen LogP contribution in [-0.2, 0) is 0 Å². The summed E-state index contributed by atoms with van der Waals surface area (Å²) in [4.78, 5) is 0. The maximum absolute atomic E-state index is 5.69. The molecule has 0 aromatic heterocycles. The highest BCUT2D eigenvalue weighted by Gasteiger charge is 2.04. The molecule has 5 nitrogen and oxygen atoms in total. The van der Waals surface area contributed by atoms with Gasteiger partial charge in [-0.3, -0.25) is 5.43 Å². The van der Waals surface area contributed by atoms with Gasteiger partial charge < -0.3 is 14.2 Å². The van der Waals surface area contributed by atoms with Gasteiger partial charge in [0.1, 0.15) is 5.75 Å². The first-order chi connectivity index (χ1) is 11.3. The maximum Gasteiger partial charge on any atom is 0.161 e. The SMILES string of the molecule is CCCOc1cc(/C=N/Nc2ccc(OC)cc2)ccc1OC. The van der Waals surface area contributed by atoms with Crippen LogP contribution in [0.15, 0.2) is 47.6 Å². The van der Waals surface area contributed by atoms with Crippen molar-refractivity contribution in [1.29, 1.82) is 0 Å². The lowest BCUT2D eigenvalue weighted by Gasteiger charge is -2.10. The Labute approximate surface area is 136 Å². The van der Waals surface area contributed by atoms with E-state index >= 15 is 0 Å². The van der Waals surface area contributed by atoms with Gasteiger partial charge in [-0.25, -0.2) is 0 Å². The predicted octanol–water partition coefficient (Wildman–Crippen LogP) is 3.94. The fourth-order valence-electron chi connectivity index (χ4n) is 1.95. The Balaban J connectivity index is 2.03. The normalized spacial score (nSPS) is 10.6. The third-order valence-corrected chi connectivity index (χ3v) is 3.15. The Morgan fingerprint density at radius 3 is 2.43 bits per heavy atom. The van der Waals surface area contributed by atoms with Crippen molar-refractivity contribution in [1.82, 2.24) is 0 Å². The van der Waals surface area contributed by atoms with Crippen LogP contribution >= 0.6 is 0 Å². The standard InChI is InChI=1S/C18H22N2O3/c1-4-11-23-18-12-14(5-10-17(18)22-3)13-19-20-15-6-8-16(21-2)9-7-15/h5-10,12-13,20H,4,11H2,1-3H3/b19-13+. The Morgan fingerprint density at radius 1 is 1.00 bits per heavy atom. The van der Waals surface area contributed by atoms with Crippen LogP contribution in [0.4, 0.5) is 5.69 Å². The van der Waals surface area contributed by atoms with Gasteiger partial charge in [0.15, 0.2) is 11.5 Å². The predicted molar refractivity (Wildman–Crippen MR) is 93.0 cm³/mol. The molecular weight excluding hydrogens is 292 g/mol. The second-order valence-corrected chi connectivity index (χ2v) is 4.86. The van der Waals surface area contributed by atoms with Crippen LogP contribution in [-0.4, -0.2) is 27.0 Å². The van der Waals surface area contributed by atoms with Gasteiger partial charge >= 0.3 is 0 Å². The molecule has 2 aromatic carbocycles. The van der Waals surface area contributed by atoms with E-state index in [-0.39, 0.29) is 0 Å². The van der Waals surface area contributed by atoms with Crippen LogP contribution < -0.4 is 19.6 Å². The van der Waals surface area contributed by atoms with Gasteiger partial charge in [-0.15, -0.1) is 0 Å². The van der Waals surface area contributed by atoms with Gasteiger partial charge in [-0.05, 0) is 54.4 Å². The molecule has 122 valence electrons. The van der Waals surface area contributed by atoms with E-state index < -0.39 is 0 Å².